The fraction of sp³-hybridized carbons (Fsp3) is 0.300. The quantitative estimate of drug-likeness (QED) is 0.482. The molecule has 0 aromatic heterocycles. The summed E-state index contributed by atoms with van der Waals surface area (Å²) in [5.74, 6) is 0.838. The number of hydrogen-bond acceptors (Lipinski definition) is 3. The van der Waals surface area contributed by atoms with Gasteiger partial charge in [0.2, 0.25) is 5.91 Å². The van der Waals surface area contributed by atoms with Crippen molar-refractivity contribution in [3.63, 3.8) is 0 Å². The van der Waals surface area contributed by atoms with Gasteiger partial charge in [-0.15, -0.1) is 0 Å². The van der Waals surface area contributed by atoms with E-state index in [1.807, 2.05) is 31.3 Å². The maximum absolute atomic E-state index is 12.2. The second kappa shape index (κ2) is 9.37. The number of rotatable bonds is 8. The molecule has 0 aliphatic carbocycles. The molecule has 0 aliphatic rings. The molecule has 0 fully saturated rings. The molecule has 2 rings (SSSR count). The Labute approximate surface area is 156 Å². The number of carbonyl (C=O) groups is 2. The summed E-state index contributed by atoms with van der Waals surface area (Å²) in [5, 5.41) is 0. The Morgan fingerprint density at radius 1 is 1.04 bits per heavy atom. The lowest BCUT2D eigenvalue weighted by molar-refractivity contribution is -0.130. The third-order valence-electron chi connectivity index (χ3n) is 3.82. The van der Waals surface area contributed by atoms with Crippen LogP contribution in [0.5, 0.6) is 5.75 Å². The Morgan fingerprint density at radius 2 is 1.68 bits per heavy atom. The molecule has 25 heavy (non-hydrogen) atoms. The molecule has 0 unspecified atom stereocenters. The first-order valence-electron chi connectivity index (χ1n) is 8.18. The molecular formula is C20H22BrNO3. The first-order valence-corrected chi connectivity index (χ1v) is 8.97. The molecule has 0 radical (unpaired) electrons. The van der Waals surface area contributed by atoms with E-state index in [0.29, 0.717) is 37.3 Å². The molecule has 0 saturated carbocycles. The van der Waals surface area contributed by atoms with E-state index in [1.54, 1.807) is 29.2 Å². The van der Waals surface area contributed by atoms with Gasteiger partial charge < -0.3 is 9.64 Å². The molecule has 2 aromatic rings. The van der Waals surface area contributed by atoms with Crippen LogP contribution in [0, 0.1) is 0 Å². The minimum atomic E-state index is 0.0333. The highest BCUT2D eigenvalue weighted by Gasteiger charge is 2.09. The minimum Gasteiger partial charge on any atom is -0.494 e. The Bertz CT molecular complexity index is 711. The number of hydrogen-bond donors (Lipinski definition) is 0. The fourth-order valence-corrected chi connectivity index (χ4v) is 2.61. The summed E-state index contributed by atoms with van der Waals surface area (Å²) < 4.78 is 6.64. The van der Waals surface area contributed by atoms with Crippen LogP contribution in [-0.2, 0) is 11.3 Å². The van der Waals surface area contributed by atoms with Gasteiger partial charge in [0.05, 0.1) is 6.61 Å². The zero-order chi connectivity index (χ0) is 18.2. The Hall–Kier alpha value is -2.14. The second-order valence-electron chi connectivity index (χ2n) is 5.91. The zero-order valence-corrected chi connectivity index (χ0v) is 16.1. The highest BCUT2D eigenvalue weighted by molar-refractivity contribution is 9.10. The number of benzene rings is 2. The summed E-state index contributed by atoms with van der Waals surface area (Å²) in [5.41, 5.74) is 1.76. The Morgan fingerprint density at radius 3 is 2.28 bits per heavy atom. The number of amides is 1. The van der Waals surface area contributed by atoms with Crippen molar-refractivity contribution in [3.8, 4) is 5.75 Å². The van der Waals surface area contributed by atoms with Crippen LogP contribution < -0.4 is 4.74 Å². The van der Waals surface area contributed by atoms with Gasteiger partial charge in [0.25, 0.3) is 0 Å². The maximum atomic E-state index is 12.2. The summed E-state index contributed by atoms with van der Waals surface area (Å²) in [6.45, 7) is 2.60. The van der Waals surface area contributed by atoms with Gasteiger partial charge in [-0.1, -0.05) is 28.1 Å². The highest BCUT2D eigenvalue weighted by atomic mass is 79.9. The number of carbonyl (C=O) groups excluding carboxylic acids is 2. The molecule has 2 aromatic carbocycles. The minimum absolute atomic E-state index is 0.0333. The van der Waals surface area contributed by atoms with Gasteiger partial charge in [-0.2, -0.15) is 0 Å². The van der Waals surface area contributed by atoms with Crippen LogP contribution in [0.3, 0.4) is 0 Å². The fourth-order valence-electron chi connectivity index (χ4n) is 2.34. The number of nitrogens with zero attached hydrogens (tertiary/aromatic N) is 1. The van der Waals surface area contributed by atoms with Gasteiger partial charge in [-0.25, -0.2) is 0 Å². The molecule has 4 nitrogen and oxygen atoms in total. The summed E-state index contributed by atoms with van der Waals surface area (Å²) in [6, 6.07) is 15.0. The molecular weight excluding hydrogens is 382 g/mol. The van der Waals surface area contributed by atoms with Crippen molar-refractivity contribution >= 4 is 27.6 Å². The van der Waals surface area contributed by atoms with Gasteiger partial charge in [0.15, 0.2) is 5.78 Å². The van der Waals surface area contributed by atoms with Gasteiger partial charge in [-0.05, 0) is 55.3 Å². The molecule has 0 saturated heterocycles. The first kappa shape index (κ1) is 19.2. The summed E-state index contributed by atoms with van der Waals surface area (Å²) in [6.07, 6.45) is 1.09. The van der Waals surface area contributed by atoms with E-state index in [4.69, 9.17) is 4.74 Å². The van der Waals surface area contributed by atoms with Crippen molar-refractivity contribution in [3.05, 3.63) is 64.1 Å². The van der Waals surface area contributed by atoms with Gasteiger partial charge in [0, 0.05) is 30.0 Å². The lowest BCUT2D eigenvalue weighted by Gasteiger charge is -2.17. The van der Waals surface area contributed by atoms with E-state index in [1.165, 1.54) is 6.92 Å². The van der Waals surface area contributed by atoms with E-state index in [2.05, 4.69) is 15.9 Å². The van der Waals surface area contributed by atoms with Crippen LogP contribution in [-0.4, -0.2) is 30.2 Å². The van der Waals surface area contributed by atoms with Crippen molar-refractivity contribution in [2.24, 2.45) is 0 Å². The predicted molar refractivity (Wildman–Crippen MR) is 102 cm³/mol. The zero-order valence-electron chi connectivity index (χ0n) is 14.5. The topological polar surface area (TPSA) is 46.6 Å². The number of halogens is 1. The molecule has 1 amide bonds. The molecule has 5 heteroatoms. The molecule has 0 N–H and O–H groups in total. The Balaban J connectivity index is 1.70. The highest BCUT2D eigenvalue weighted by Crippen LogP contribution is 2.14. The molecule has 132 valence electrons. The van der Waals surface area contributed by atoms with Crippen molar-refractivity contribution in [1.29, 1.82) is 0 Å². The van der Waals surface area contributed by atoms with Crippen molar-refractivity contribution in [2.45, 2.75) is 26.3 Å². The molecule has 0 atom stereocenters. The molecule has 0 spiro atoms. The van der Waals surface area contributed by atoms with Gasteiger partial charge >= 0.3 is 0 Å². The van der Waals surface area contributed by atoms with Crippen LogP contribution in [0.1, 0.15) is 35.7 Å². The SMILES string of the molecule is CC(=O)c1ccc(OCCCC(=O)N(C)Cc2ccc(Br)cc2)cc1. The summed E-state index contributed by atoms with van der Waals surface area (Å²) in [7, 11) is 1.81. The number of Topliss-reactive ketones (excluding diaryl/α,β-unsaturated/α-hetero) is 1. The van der Waals surface area contributed by atoms with E-state index < -0.39 is 0 Å². The largest absolute Gasteiger partial charge is 0.494 e. The van der Waals surface area contributed by atoms with Crippen LogP contribution >= 0.6 is 15.9 Å². The van der Waals surface area contributed by atoms with Crippen LogP contribution in [0.15, 0.2) is 53.0 Å². The lowest BCUT2D eigenvalue weighted by Crippen LogP contribution is -2.26. The average Bonchev–Trinajstić information content (AvgIpc) is 2.60. The first-order chi connectivity index (χ1) is 12.0. The summed E-state index contributed by atoms with van der Waals surface area (Å²) in [4.78, 5) is 25.1. The molecule has 0 aliphatic heterocycles. The number of ether oxygens (including phenoxy) is 1. The van der Waals surface area contributed by atoms with Crippen molar-refractivity contribution < 1.29 is 14.3 Å². The maximum Gasteiger partial charge on any atom is 0.222 e. The van der Waals surface area contributed by atoms with E-state index in [9.17, 15) is 9.59 Å². The summed E-state index contributed by atoms with van der Waals surface area (Å²) >= 11 is 3.40. The van der Waals surface area contributed by atoms with Gasteiger partial charge in [-0.3, -0.25) is 9.59 Å². The third kappa shape index (κ3) is 6.35. The van der Waals surface area contributed by atoms with Crippen LogP contribution in [0.2, 0.25) is 0 Å². The molecule has 0 bridgehead atoms. The van der Waals surface area contributed by atoms with E-state index in [-0.39, 0.29) is 11.7 Å². The predicted octanol–water partition coefficient (Wildman–Crippen LogP) is 4.47. The van der Waals surface area contributed by atoms with E-state index in [0.717, 1.165) is 10.0 Å². The monoisotopic (exact) mass is 403 g/mol. The van der Waals surface area contributed by atoms with Crippen LogP contribution in [0.25, 0.3) is 0 Å². The lowest BCUT2D eigenvalue weighted by atomic mass is 10.1. The van der Waals surface area contributed by atoms with Gasteiger partial charge in [0.1, 0.15) is 5.75 Å². The van der Waals surface area contributed by atoms with Crippen LogP contribution in [0.4, 0.5) is 0 Å². The average molecular weight is 404 g/mol. The normalized spacial score (nSPS) is 10.4. The third-order valence-corrected chi connectivity index (χ3v) is 4.35. The number of ketones is 1. The van der Waals surface area contributed by atoms with E-state index >= 15 is 0 Å². The standard InChI is InChI=1S/C20H22BrNO3/c1-15(23)17-7-11-19(12-8-17)25-13-3-4-20(24)22(2)14-16-5-9-18(21)10-6-16/h5-12H,3-4,13-14H2,1-2H3. The molecule has 0 heterocycles. The van der Waals surface area contributed by atoms with Crippen molar-refractivity contribution in [1.82, 2.24) is 4.90 Å². The van der Waals surface area contributed by atoms with Crippen molar-refractivity contribution in [2.75, 3.05) is 13.7 Å². The smallest absolute Gasteiger partial charge is 0.222 e. The second-order valence-corrected chi connectivity index (χ2v) is 6.82. The Kier molecular flexibility index (Phi) is 7.19.